The number of halogens is 1. The van der Waals surface area contributed by atoms with E-state index in [1.807, 2.05) is 36.2 Å². The van der Waals surface area contributed by atoms with Gasteiger partial charge in [0.05, 0.1) is 5.69 Å². The maximum atomic E-state index is 11.1. The second-order valence-corrected chi connectivity index (χ2v) is 4.86. The van der Waals surface area contributed by atoms with Crippen LogP contribution in [0.4, 0.5) is 0 Å². The predicted molar refractivity (Wildman–Crippen MR) is 75.6 cm³/mol. The van der Waals surface area contributed by atoms with Crippen molar-refractivity contribution in [1.29, 1.82) is 0 Å². The molecule has 0 saturated heterocycles. The van der Waals surface area contributed by atoms with Crippen molar-refractivity contribution in [3.63, 3.8) is 0 Å². The predicted octanol–water partition coefficient (Wildman–Crippen LogP) is 2.46. The highest BCUT2D eigenvalue weighted by Gasteiger charge is 2.13. The van der Waals surface area contributed by atoms with Crippen molar-refractivity contribution in [3.05, 3.63) is 58.6 Å². The molecule has 0 atom stereocenters. The molecule has 0 fully saturated rings. The SMILES string of the molecule is CN(Cc1ccccc1Cl)Cc1ncncc1C(=O)O. The van der Waals surface area contributed by atoms with Gasteiger partial charge in [-0.15, -0.1) is 0 Å². The molecule has 1 aromatic heterocycles. The van der Waals surface area contributed by atoms with Gasteiger partial charge in [-0.05, 0) is 18.7 Å². The Morgan fingerprint density at radius 3 is 2.80 bits per heavy atom. The number of rotatable bonds is 5. The molecular formula is C14H14ClN3O2. The fourth-order valence-corrected chi connectivity index (χ4v) is 2.08. The van der Waals surface area contributed by atoms with Crippen molar-refractivity contribution in [1.82, 2.24) is 14.9 Å². The van der Waals surface area contributed by atoms with Crippen LogP contribution in [0.1, 0.15) is 21.6 Å². The van der Waals surface area contributed by atoms with Crippen LogP contribution in [0.2, 0.25) is 5.02 Å². The van der Waals surface area contributed by atoms with E-state index in [0.29, 0.717) is 23.8 Å². The fraction of sp³-hybridized carbons (Fsp3) is 0.214. The van der Waals surface area contributed by atoms with Gasteiger partial charge in [0, 0.05) is 24.3 Å². The summed E-state index contributed by atoms with van der Waals surface area (Å²) < 4.78 is 0. The van der Waals surface area contributed by atoms with E-state index >= 15 is 0 Å². The van der Waals surface area contributed by atoms with Gasteiger partial charge in [0.2, 0.25) is 0 Å². The van der Waals surface area contributed by atoms with Crippen molar-refractivity contribution in [3.8, 4) is 0 Å². The van der Waals surface area contributed by atoms with Gasteiger partial charge in [0.15, 0.2) is 0 Å². The van der Waals surface area contributed by atoms with Crippen LogP contribution in [-0.4, -0.2) is 33.0 Å². The van der Waals surface area contributed by atoms with Gasteiger partial charge in [0.1, 0.15) is 11.9 Å². The lowest BCUT2D eigenvalue weighted by atomic mass is 10.2. The molecular weight excluding hydrogens is 278 g/mol. The minimum Gasteiger partial charge on any atom is -0.478 e. The number of carboxylic acid groups (broad SMARTS) is 1. The molecule has 20 heavy (non-hydrogen) atoms. The quantitative estimate of drug-likeness (QED) is 0.916. The Bertz CT molecular complexity index is 619. The maximum absolute atomic E-state index is 11.1. The Labute approximate surface area is 121 Å². The van der Waals surface area contributed by atoms with Gasteiger partial charge in [-0.2, -0.15) is 0 Å². The minimum absolute atomic E-state index is 0.124. The highest BCUT2D eigenvalue weighted by Crippen LogP contribution is 2.17. The van der Waals surface area contributed by atoms with E-state index in [-0.39, 0.29) is 5.56 Å². The fourth-order valence-electron chi connectivity index (χ4n) is 1.89. The third kappa shape index (κ3) is 3.53. The Morgan fingerprint density at radius 2 is 2.10 bits per heavy atom. The molecule has 6 heteroatoms. The van der Waals surface area contributed by atoms with E-state index in [4.69, 9.17) is 16.7 Å². The average molecular weight is 292 g/mol. The third-order valence-corrected chi connectivity index (χ3v) is 3.21. The number of aromatic nitrogens is 2. The summed E-state index contributed by atoms with van der Waals surface area (Å²) in [5.41, 5.74) is 1.60. The van der Waals surface area contributed by atoms with Crippen LogP contribution in [0.3, 0.4) is 0 Å². The van der Waals surface area contributed by atoms with Crippen molar-refractivity contribution < 1.29 is 9.90 Å². The Hall–Kier alpha value is -1.98. The number of carboxylic acids is 1. The van der Waals surface area contributed by atoms with Crippen molar-refractivity contribution in [2.45, 2.75) is 13.1 Å². The maximum Gasteiger partial charge on any atom is 0.339 e. The number of benzene rings is 1. The monoisotopic (exact) mass is 291 g/mol. The zero-order valence-corrected chi connectivity index (χ0v) is 11.7. The lowest BCUT2D eigenvalue weighted by Gasteiger charge is -2.17. The molecule has 0 spiro atoms. The molecule has 0 bridgehead atoms. The normalized spacial score (nSPS) is 10.8. The smallest absolute Gasteiger partial charge is 0.339 e. The number of hydrogen-bond acceptors (Lipinski definition) is 4. The summed E-state index contributed by atoms with van der Waals surface area (Å²) >= 11 is 6.11. The highest BCUT2D eigenvalue weighted by atomic mass is 35.5. The first-order chi connectivity index (χ1) is 9.58. The molecule has 0 saturated carbocycles. The molecule has 1 aromatic carbocycles. The van der Waals surface area contributed by atoms with Crippen molar-refractivity contribution >= 4 is 17.6 Å². The molecule has 0 aliphatic carbocycles. The number of carbonyl (C=O) groups is 1. The van der Waals surface area contributed by atoms with Crippen molar-refractivity contribution in [2.75, 3.05) is 7.05 Å². The third-order valence-electron chi connectivity index (χ3n) is 2.84. The molecule has 104 valence electrons. The van der Waals surface area contributed by atoms with Crippen LogP contribution in [0, 0.1) is 0 Å². The van der Waals surface area contributed by atoms with Crippen LogP contribution < -0.4 is 0 Å². The summed E-state index contributed by atoms with van der Waals surface area (Å²) in [4.78, 5) is 20.8. The standard InChI is InChI=1S/C14H14ClN3O2/c1-18(7-10-4-2-3-5-12(10)15)8-13-11(14(19)20)6-16-9-17-13/h2-6,9H,7-8H2,1H3,(H,19,20). The van der Waals surface area contributed by atoms with Crippen LogP contribution in [0.25, 0.3) is 0 Å². The van der Waals surface area contributed by atoms with E-state index in [2.05, 4.69) is 9.97 Å². The van der Waals surface area contributed by atoms with Gasteiger partial charge in [-0.3, -0.25) is 4.90 Å². The molecule has 1 N–H and O–H groups in total. The van der Waals surface area contributed by atoms with Gasteiger partial charge < -0.3 is 5.11 Å². The van der Waals surface area contributed by atoms with Gasteiger partial charge in [0.25, 0.3) is 0 Å². The molecule has 0 aliphatic heterocycles. The number of aromatic carboxylic acids is 1. The topological polar surface area (TPSA) is 66.3 Å². The van der Waals surface area contributed by atoms with Crippen LogP contribution in [0.15, 0.2) is 36.8 Å². The zero-order chi connectivity index (χ0) is 14.5. The lowest BCUT2D eigenvalue weighted by Crippen LogP contribution is -2.20. The molecule has 5 nitrogen and oxygen atoms in total. The molecule has 0 aliphatic rings. The van der Waals surface area contributed by atoms with E-state index in [1.54, 1.807) is 0 Å². The summed E-state index contributed by atoms with van der Waals surface area (Å²) in [6.07, 6.45) is 2.67. The Kier molecular flexibility index (Phi) is 4.65. The first-order valence-electron chi connectivity index (χ1n) is 6.02. The highest BCUT2D eigenvalue weighted by molar-refractivity contribution is 6.31. The van der Waals surface area contributed by atoms with E-state index in [9.17, 15) is 4.79 Å². The zero-order valence-electron chi connectivity index (χ0n) is 11.0. The summed E-state index contributed by atoms with van der Waals surface area (Å²) in [6, 6.07) is 7.57. The summed E-state index contributed by atoms with van der Waals surface area (Å²) in [7, 11) is 1.89. The summed E-state index contributed by atoms with van der Waals surface area (Å²) in [5.74, 6) is -1.02. The van der Waals surface area contributed by atoms with Gasteiger partial charge in [-0.25, -0.2) is 14.8 Å². The second-order valence-electron chi connectivity index (χ2n) is 4.45. The molecule has 0 radical (unpaired) electrons. The lowest BCUT2D eigenvalue weighted by molar-refractivity contribution is 0.0693. The van der Waals surface area contributed by atoms with Crippen LogP contribution in [-0.2, 0) is 13.1 Å². The van der Waals surface area contributed by atoms with Crippen LogP contribution >= 0.6 is 11.6 Å². The first-order valence-corrected chi connectivity index (χ1v) is 6.40. The Balaban J connectivity index is 2.11. The van der Waals surface area contributed by atoms with Crippen LogP contribution in [0.5, 0.6) is 0 Å². The molecule has 0 unspecified atom stereocenters. The minimum atomic E-state index is -1.02. The second kappa shape index (κ2) is 6.45. The Morgan fingerprint density at radius 1 is 1.35 bits per heavy atom. The molecule has 2 rings (SSSR count). The van der Waals surface area contributed by atoms with Gasteiger partial charge >= 0.3 is 5.97 Å². The summed E-state index contributed by atoms with van der Waals surface area (Å²) in [6.45, 7) is 1.03. The van der Waals surface area contributed by atoms with Crippen molar-refractivity contribution in [2.24, 2.45) is 0 Å². The largest absolute Gasteiger partial charge is 0.478 e. The van der Waals surface area contributed by atoms with E-state index in [0.717, 1.165) is 5.56 Å². The molecule has 0 amide bonds. The van der Waals surface area contributed by atoms with Gasteiger partial charge in [-0.1, -0.05) is 29.8 Å². The number of nitrogens with zero attached hydrogens (tertiary/aromatic N) is 3. The van der Waals surface area contributed by atoms with E-state index in [1.165, 1.54) is 12.5 Å². The molecule has 1 heterocycles. The average Bonchev–Trinajstić information content (AvgIpc) is 2.41. The summed E-state index contributed by atoms with van der Waals surface area (Å²) in [5, 5.41) is 9.79. The number of hydrogen-bond donors (Lipinski definition) is 1. The molecule has 2 aromatic rings. The first kappa shape index (κ1) is 14.4. The van der Waals surface area contributed by atoms with E-state index < -0.39 is 5.97 Å².